The summed E-state index contributed by atoms with van der Waals surface area (Å²) >= 11 is 0. The van der Waals surface area contributed by atoms with E-state index in [9.17, 15) is 4.79 Å². The third-order valence-corrected chi connectivity index (χ3v) is 3.70. The largest absolute Gasteiger partial charge is 0.353 e. The lowest BCUT2D eigenvalue weighted by atomic mass is 10.1. The van der Waals surface area contributed by atoms with E-state index in [-0.39, 0.29) is 11.9 Å². The van der Waals surface area contributed by atoms with Crippen molar-refractivity contribution in [2.75, 3.05) is 0 Å². The summed E-state index contributed by atoms with van der Waals surface area (Å²) in [6.45, 7) is 5.37. The predicted molar refractivity (Wildman–Crippen MR) is 90.6 cm³/mol. The normalized spacial score (nSPS) is 12.3. The number of carbonyl (C=O) groups excluding carboxylic acids is 1. The molecule has 0 saturated heterocycles. The molecule has 2 aromatic carbocycles. The molecule has 1 amide bonds. The zero-order valence-corrected chi connectivity index (χ0v) is 13.6. The number of carbonyl (C=O) groups is 1. The molecule has 3 rings (SSSR count). The molecule has 1 N–H and O–H groups in total. The molecule has 0 aliphatic heterocycles. The molecule has 0 aliphatic carbocycles. The molecule has 0 radical (unpaired) electrons. The van der Waals surface area contributed by atoms with Gasteiger partial charge in [-0.15, -0.1) is 0 Å². The average Bonchev–Trinajstić information content (AvgIpc) is 2.86. The smallest absolute Gasteiger partial charge is 0.217 e. The molecule has 1 heterocycles. The topological polar surface area (TPSA) is 59.8 Å². The summed E-state index contributed by atoms with van der Waals surface area (Å²) in [5.74, 6) is 1.54. The van der Waals surface area contributed by atoms with Crippen LogP contribution in [0, 0.1) is 6.92 Å². The predicted octanol–water partition coefficient (Wildman–Crippen LogP) is 2.80. The van der Waals surface area contributed by atoms with Crippen molar-refractivity contribution < 1.29 is 4.79 Å². The number of nitrogens with one attached hydrogen (secondary N) is 1. The number of nitrogens with zero attached hydrogens (tertiary/aromatic N) is 3. The summed E-state index contributed by atoms with van der Waals surface area (Å²) in [6, 6.07) is 14.5. The van der Waals surface area contributed by atoms with E-state index in [1.165, 1.54) is 17.7 Å². The van der Waals surface area contributed by atoms with Crippen molar-refractivity contribution in [2.24, 2.45) is 0 Å². The van der Waals surface area contributed by atoms with Gasteiger partial charge < -0.3 is 5.32 Å². The van der Waals surface area contributed by atoms with Gasteiger partial charge in [-0.3, -0.25) is 4.79 Å². The van der Waals surface area contributed by atoms with Gasteiger partial charge in [0.05, 0.1) is 5.69 Å². The lowest BCUT2D eigenvalue weighted by Crippen LogP contribution is -2.32. The molecule has 0 bridgehead atoms. The fourth-order valence-electron chi connectivity index (χ4n) is 2.78. The summed E-state index contributed by atoms with van der Waals surface area (Å²) in [6.07, 6.45) is 0.632. The van der Waals surface area contributed by atoms with Crippen molar-refractivity contribution in [1.29, 1.82) is 0 Å². The second-order valence-corrected chi connectivity index (χ2v) is 5.82. The van der Waals surface area contributed by atoms with Gasteiger partial charge in [0, 0.05) is 19.4 Å². The number of rotatable bonds is 4. The van der Waals surface area contributed by atoms with E-state index in [0.29, 0.717) is 6.42 Å². The first-order chi connectivity index (χ1) is 11.0. The van der Waals surface area contributed by atoms with Crippen LogP contribution in [0.3, 0.4) is 0 Å². The van der Waals surface area contributed by atoms with Crippen molar-refractivity contribution in [1.82, 2.24) is 20.1 Å². The van der Waals surface area contributed by atoms with Gasteiger partial charge in [0.2, 0.25) is 5.91 Å². The van der Waals surface area contributed by atoms with Crippen LogP contribution in [0.5, 0.6) is 0 Å². The van der Waals surface area contributed by atoms with Crippen LogP contribution in [0.4, 0.5) is 0 Å². The van der Waals surface area contributed by atoms with Crippen LogP contribution in [0.2, 0.25) is 0 Å². The van der Waals surface area contributed by atoms with Gasteiger partial charge in [0.25, 0.3) is 0 Å². The van der Waals surface area contributed by atoms with Crippen LogP contribution in [-0.4, -0.2) is 26.7 Å². The second kappa shape index (κ2) is 6.20. The van der Waals surface area contributed by atoms with Gasteiger partial charge in [0.1, 0.15) is 11.6 Å². The van der Waals surface area contributed by atoms with Crippen molar-refractivity contribution in [2.45, 2.75) is 33.2 Å². The zero-order chi connectivity index (χ0) is 16.4. The van der Waals surface area contributed by atoms with Crippen LogP contribution < -0.4 is 5.32 Å². The van der Waals surface area contributed by atoms with Crippen LogP contribution in [0.25, 0.3) is 16.5 Å². The third-order valence-electron chi connectivity index (χ3n) is 3.70. The monoisotopic (exact) mass is 308 g/mol. The minimum atomic E-state index is -0.0361. The number of benzene rings is 2. The highest BCUT2D eigenvalue weighted by Crippen LogP contribution is 2.19. The number of hydrogen-bond donors (Lipinski definition) is 1. The third kappa shape index (κ3) is 3.39. The van der Waals surface area contributed by atoms with E-state index in [2.05, 4.69) is 39.7 Å². The van der Waals surface area contributed by atoms with E-state index < -0.39 is 0 Å². The highest BCUT2D eigenvalue weighted by atomic mass is 16.1. The molecule has 1 atom stereocenters. The minimum Gasteiger partial charge on any atom is -0.353 e. The Labute approximate surface area is 135 Å². The lowest BCUT2D eigenvalue weighted by molar-refractivity contribution is -0.119. The first-order valence-electron chi connectivity index (χ1n) is 7.72. The van der Waals surface area contributed by atoms with E-state index >= 15 is 0 Å². The Morgan fingerprint density at radius 3 is 2.70 bits per heavy atom. The molecule has 0 unspecified atom stereocenters. The van der Waals surface area contributed by atoms with Crippen LogP contribution >= 0.6 is 0 Å². The van der Waals surface area contributed by atoms with Gasteiger partial charge in [-0.25, -0.2) is 9.67 Å². The zero-order valence-electron chi connectivity index (χ0n) is 13.6. The Hall–Kier alpha value is -2.69. The SMILES string of the molecule is CC(=O)N[C@@H](C)Cc1nc(C)nn1-c1ccc2ccccc2c1. The molecule has 5 heteroatoms. The van der Waals surface area contributed by atoms with Crippen molar-refractivity contribution in [3.05, 3.63) is 54.1 Å². The maximum Gasteiger partial charge on any atom is 0.217 e. The molecule has 1 aromatic heterocycles. The van der Waals surface area contributed by atoms with E-state index in [4.69, 9.17) is 0 Å². The van der Waals surface area contributed by atoms with Gasteiger partial charge in [-0.05, 0) is 36.8 Å². The Kier molecular flexibility index (Phi) is 4.10. The quantitative estimate of drug-likeness (QED) is 0.806. The highest BCUT2D eigenvalue weighted by Gasteiger charge is 2.14. The van der Waals surface area contributed by atoms with Gasteiger partial charge >= 0.3 is 0 Å². The number of aromatic nitrogens is 3. The fourth-order valence-corrected chi connectivity index (χ4v) is 2.78. The minimum absolute atomic E-state index is 0.00954. The standard InChI is InChI=1S/C18H20N4O/c1-12(19-14(3)23)10-18-20-13(2)21-22(18)17-9-8-15-6-4-5-7-16(15)11-17/h4-9,11-12H,10H2,1-3H3,(H,19,23)/t12-/m0/s1. The van der Waals surface area contributed by atoms with E-state index in [1.54, 1.807) is 0 Å². The Morgan fingerprint density at radius 2 is 1.96 bits per heavy atom. The Morgan fingerprint density at radius 1 is 1.22 bits per heavy atom. The molecule has 118 valence electrons. The highest BCUT2D eigenvalue weighted by molar-refractivity contribution is 5.84. The lowest BCUT2D eigenvalue weighted by Gasteiger charge is -2.13. The summed E-state index contributed by atoms with van der Waals surface area (Å²) < 4.78 is 1.86. The molecule has 0 fully saturated rings. The Bertz CT molecular complexity index is 853. The van der Waals surface area contributed by atoms with Crippen molar-refractivity contribution in [3.63, 3.8) is 0 Å². The molecular formula is C18H20N4O. The van der Waals surface area contributed by atoms with Gasteiger partial charge in [-0.2, -0.15) is 5.10 Å². The first-order valence-corrected chi connectivity index (χ1v) is 7.72. The van der Waals surface area contributed by atoms with Crippen molar-refractivity contribution in [3.8, 4) is 5.69 Å². The Balaban J connectivity index is 1.96. The molecular weight excluding hydrogens is 288 g/mol. The van der Waals surface area contributed by atoms with E-state index in [1.807, 2.05) is 36.7 Å². The summed E-state index contributed by atoms with van der Waals surface area (Å²) in [4.78, 5) is 15.7. The summed E-state index contributed by atoms with van der Waals surface area (Å²) in [5, 5.41) is 9.76. The van der Waals surface area contributed by atoms with Crippen LogP contribution in [-0.2, 0) is 11.2 Å². The van der Waals surface area contributed by atoms with E-state index in [0.717, 1.165) is 17.3 Å². The maximum absolute atomic E-state index is 11.2. The number of hydrogen-bond acceptors (Lipinski definition) is 3. The fraction of sp³-hybridized carbons (Fsp3) is 0.278. The molecule has 5 nitrogen and oxygen atoms in total. The summed E-state index contributed by atoms with van der Waals surface area (Å²) in [7, 11) is 0. The average molecular weight is 308 g/mol. The molecule has 23 heavy (non-hydrogen) atoms. The van der Waals surface area contributed by atoms with Crippen LogP contribution in [0.1, 0.15) is 25.5 Å². The number of aryl methyl sites for hydroxylation is 1. The first kappa shape index (κ1) is 15.2. The molecule has 0 saturated carbocycles. The van der Waals surface area contributed by atoms with Gasteiger partial charge in [0.15, 0.2) is 0 Å². The van der Waals surface area contributed by atoms with Crippen molar-refractivity contribution >= 4 is 16.7 Å². The number of amides is 1. The maximum atomic E-state index is 11.2. The number of fused-ring (bicyclic) bond motifs is 1. The second-order valence-electron chi connectivity index (χ2n) is 5.82. The van der Waals surface area contributed by atoms with Crippen LogP contribution in [0.15, 0.2) is 42.5 Å². The molecule has 0 spiro atoms. The molecule has 3 aromatic rings. The van der Waals surface area contributed by atoms with Gasteiger partial charge in [-0.1, -0.05) is 30.3 Å². The molecule has 0 aliphatic rings. The summed E-state index contributed by atoms with van der Waals surface area (Å²) in [5.41, 5.74) is 0.981.